The van der Waals surface area contributed by atoms with Crippen molar-refractivity contribution in [2.75, 3.05) is 13.2 Å². The highest BCUT2D eigenvalue weighted by molar-refractivity contribution is 9.10. The van der Waals surface area contributed by atoms with Crippen LogP contribution in [0.1, 0.15) is 15.9 Å². The van der Waals surface area contributed by atoms with Crippen LogP contribution in [0.3, 0.4) is 0 Å². The average Bonchev–Trinajstić information content (AvgIpc) is 2.46. The highest BCUT2D eigenvalue weighted by Gasteiger charge is 2.03. The molecule has 4 nitrogen and oxygen atoms in total. The molecule has 0 heterocycles. The Labute approximate surface area is 131 Å². The van der Waals surface area contributed by atoms with Crippen LogP contribution >= 0.6 is 15.9 Å². The van der Waals surface area contributed by atoms with E-state index < -0.39 is 5.97 Å². The molecule has 0 amide bonds. The highest BCUT2D eigenvalue weighted by atomic mass is 79.9. The zero-order chi connectivity index (χ0) is 15.2. The van der Waals surface area contributed by atoms with E-state index in [9.17, 15) is 4.79 Å². The third-order valence-electron chi connectivity index (χ3n) is 2.80. The van der Waals surface area contributed by atoms with Gasteiger partial charge in [0.1, 0.15) is 24.7 Å². The summed E-state index contributed by atoms with van der Waals surface area (Å²) in [5, 5.41) is 8.80. The van der Waals surface area contributed by atoms with Gasteiger partial charge in [-0.3, -0.25) is 0 Å². The van der Waals surface area contributed by atoms with E-state index in [1.807, 2.05) is 25.1 Å². The van der Waals surface area contributed by atoms with Crippen molar-refractivity contribution >= 4 is 21.9 Å². The van der Waals surface area contributed by atoms with Gasteiger partial charge >= 0.3 is 5.97 Å². The van der Waals surface area contributed by atoms with Crippen LogP contribution in [0.25, 0.3) is 0 Å². The van der Waals surface area contributed by atoms with Gasteiger partial charge in [0.05, 0.1) is 10.0 Å². The zero-order valence-corrected chi connectivity index (χ0v) is 13.1. The summed E-state index contributed by atoms with van der Waals surface area (Å²) in [5.74, 6) is 0.436. The van der Waals surface area contributed by atoms with Crippen LogP contribution in [-0.2, 0) is 0 Å². The highest BCUT2D eigenvalue weighted by Crippen LogP contribution is 2.25. The molecule has 2 rings (SSSR count). The first-order chi connectivity index (χ1) is 10.1. The number of hydrogen-bond donors (Lipinski definition) is 1. The third-order valence-corrected chi connectivity index (χ3v) is 3.42. The van der Waals surface area contributed by atoms with E-state index in [1.165, 1.54) is 12.1 Å². The number of ether oxygens (including phenoxy) is 2. The largest absolute Gasteiger partial charge is 0.490 e. The number of carboxylic acid groups (broad SMARTS) is 1. The van der Waals surface area contributed by atoms with Crippen LogP contribution in [0.5, 0.6) is 11.5 Å². The van der Waals surface area contributed by atoms with Crippen molar-refractivity contribution in [3.8, 4) is 11.5 Å². The molecule has 5 heteroatoms. The van der Waals surface area contributed by atoms with Gasteiger partial charge in [0, 0.05) is 0 Å². The summed E-state index contributed by atoms with van der Waals surface area (Å²) >= 11 is 3.44. The van der Waals surface area contributed by atoms with Gasteiger partial charge in [0.25, 0.3) is 0 Å². The topological polar surface area (TPSA) is 55.8 Å². The Kier molecular flexibility index (Phi) is 5.22. The second-order valence-corrected chi connectivity index (χ2v) is 5.31. The Morgan fingerprint density at radius 3 is 2.38 bits per heavy atom. The van der Waals surface area contributed by atoms with Crippen molar-refractivity contribution in [1.29, 1.82) is 0 Å². The van der Waals surface area contributed by atoms with E-state index in [-0.39, 0.29) is 5.56 Å². The molecule has 0 saturated heterocycles. The first-order valence-electron chi connectivity index (χ1n) is 6.41. The molecule has 0 saturated carbocycles. The molecule has 0 aliphatic rings. The van der Waals surface area contributed by atoms with Crippen LogP contribution in [0.2, 0.25) is 0 Å². The lowest BCUT2D eigenvalue weighted by Gasteiger charge is -2.10. The minimum Gasteiger partial charge on any atom is -0.490 e. The van der Waals surface area contributed by atoms with Crippen LogP contribution in [0, 0.1) is 6.92 Å². The standard InChI is InChI=1S/C16H15BrO4/c1-11-2-7-15(14(17)10-11)21-9-8-20-13-5-3-12(4-6-13)16(18)19/h2-7,10H,8-9H2,1H3,(H,18,19). The maximum atomic E-state index is 10.7. The lowest BCUT2D eigenvalue weighted by molar-refractivity contribution is 0.0697. The molecule has 0 fully saturated rings. The average molecular weight is 351 g/mol. The summed E-state index contributed by atoms with van der Waals surface area (Å²) in [5.41, 5.74) is 1.39. The molecule has 0 unspecified atom stereocenters. The third kappa shape index (κ3) is 4.49. The molecular weight excluding hydrogens is 336 g/mol. The molecule has 21 heavy (non-hydrogen) atoms. The van der Waals surface area contributed by atoms with Crippen molar-refractivity contribution in [3.05, 3.63) is 58.1 Å². The van der Waals surface area contributed by atoms with Gasteiger partial charge in [-0.1, -0.05) is 6.07 Å². The molecule has 0 bridgehead atoms. The molecule has 0 atom stereocenters. The van der Waals surface area contributed by atoms with E-state index in [2.05, 4.69) is 15.9 Å². The Hall–Kier alpha value is -2.01. The zero-order valence-electron chi connectivity index (χ0n) is 11.5. The number of halogens is 1. The molecule has 0 spiro atoms. The van der Waals surface area contributed by atoms with Gasteiger partial charge in [0.2, 0.25) is 0 Å². The van der Waals surface area contributed by atoms with Gasteiger partial charge in [-0.15, -0.1) is 0 Å². The second-order valence-electron chi connectivity index (χ2n) is 4.46. The quantitative estimate of drug-likeness (QED) is 0.802. The summed E-state index contributed by atoms with van der Waals surface area (Å²) in [4.78, 5) is 10.7. The smallest absolute Gasteiger partial charge is 0.335 e. The fourth-order valence-electron chi connectivity index (χ4n) is 1.73. The van der Waals surface area contributed by atoms with Crippen LogP contribution < -0.4 is 9.47 Å². The fourth-order valence-corrected chi connectivity index (χ4v) is 2.34. The minimum absolute atomic E-state index is 0.238. The number of aryl methyl sites for hydroxylation is 1. The van der Waals surface area contributed by atoms with E-state index in [0.717, 1.165) is 15.8 Å². The number of hydrogen-bond acceptors (Lipinski definition) is 3. The molecule has 1 N–H and O–H groups in total. The second kappa shape index (κ2) is 7.13. The lowest BCUT2D eigenvalue weighted by Crippen LogP contribution is -2.09. The van der Waals surface area contributed by atoms with Gasteiger partial charge in [0.15, 0.2) is 0 Å². The summed E-state index contributed by atoms with van der Waals surface area (Å²) < 4.78 is 12.0. The van der Waals surface area contributed by atoms with Crippen molar-refractivity contribution < 1.29 is 19.4 Å². The monoisotopic (exact) mass is 350 g/mol. The normalized spacial score (nSPS) is 10.2. The molecule has 0 aliphatic heterocycles. The Morgan fingerprint density at radius 1 is 1.10 bits per heavy atom. The first kappa shape index (κ1) is 15.4. The summed E-state index contributed by atoms with van der Waals surface area (Å²) in [6.07, 6.45) is 0. The Morgan fingerprint density at radius 2 is 1.76 bits per heavy atom. The number of carboxylic acids is 1. The predicted octanol–water partition coefficient (Wildman–Crippen LogP) is 3.91. The van der Waals surface area contributed by atoms with E-state index in [1.54, 1.807) is 12.1 Å². The Balaban J connectivity index is 1.80. The summed E-state index contributed by atoms with van der Waals surface area (Å²) in [6, 6.07) is 12.1. The molecule has 0 radical (unpaired) electrons. The molecule has 2 aromatic carbocycles. The summed E-state index contributed by atoms with van der Waals surface area (Å²) in [6.45, 7) is 2.80. The van der Waals surface area contributed by atoms with Crippen LogP contribution in [-0.4, -0.2) is 24.3 Å². The first-order valence-corrected chi connectivity index (χ1v) is 7.20. The van der Waals surface area contributed by atoms with Crippen LogP contribution in [0.15, 0.2) is 46.9 Å². The molecule has 2 aromatic rings. The maximum absolute atomic E-state index is 10.7. The Bertz CT molecular complexity index is 623. The van der Waals surface area contributed by atoms with E-state index in [0.29, 0.717) is 19.0 Å². The van der Waals surface area contributed by atoms with Gasteiger partial charge in [-0.25, -0.2) is 4.79 Å². The van der Waals surface area contributed by atoms with Gasteiger partial charge < -0.3 is 14.6 Å². The van der Waals surface area contributed by atoms with Crippen molar-refractivity contribution in [1.82, 2.24) is 0 Å². The molecular formula is C16H15BrO4. The van der Waals surface area contributed by atoms with Crippen molar-refractivity contribution in [2.45, 2.75) is 6.92 Å². The summed E-state index contributed by atoms with van der Waals surface area (Å²) in [7, 11) is 0. The SMILES string of the molecule is Cc1ccc(OCCOc2ccc(C(=O)O)cc2)c(Br)c1. The maximum Gasteiger partial charge on any atom is 0.335 e. The van der Waals surface area contributed by atoms with Crippen molar-refractivity contribution in [2.24, 2.45) is 0 Å². The molecule has 0 aliphatic carbocycles. The lowest BCUT2D eigenvalue weighted by atomic mass is 10.2. The van der Waals surface area contributed by atoms with Crippen molar-refractivity contribution in [3.63, 3.8) is 0 Å². The van der Waals surface area contributed by atoms with Gasteiger partial charge in [-0.05, 0) is 64.8 Å². The van der Waals surface area contributed by atoms with Gasteiger partial charge in [-0.2, -0.15) is 0 Å². The number of aromatic carboxylic acids is 1. The van der Waals surface area contributed by atoms with E-state index in [4.69, 9.17) is 14.6 Å². The molecule has 110 valence electrons. The predicted molar refractivity (Wildman–Crippen MR) is 83.3 cm³/mol. The van der Waals surface area contributed by atoms with E-state index >= 15 is 0 Å². The number of benzene rings is 2. The fraction of sp³-hybridized carbons (Fsp3) is 0.188. The minimum atomic E-state index is -0.950. The number of carbonyl (C=O) groups is 1. The molecule has 0 aromatic heterocycles. The number of rotatable bonds is 6. The van der Waals surface area contributed by atoms with Crippen LogP contribution in [0.4, 0.5) is 0 Å².